The van der Waals surface area contributed by atoms with Crippen LogP contribution in [0.4, 0.5) is 8.78 Å². The molecule has 1 aliphatic carbocycles. The number of rotatable bonds is 2. The van der Waals surface area contributed by atoms with E-state index in [4.69, 9.17) is 5.73 Å². The van der Waals surface area contributed by atoms with Gasteiger partial charge in [-0.3, -0.25) is 4.79 Å². The third-order valence-corrected chi connectivity index (χ3v) is 3.12. The van der Waals surface area contributed by atoms with E-state index in [-0.39, 0.29) is 5.56 Å². The maximum atomic E-state index is 13.4. The molecule has 0 heterocycles. The van der Waals surface area contributed by atoms with Crippen LogP contribution in [-0.4, -0.2) is 11.3 Å². The van der Waals surface area contributed by atoms with E-state index >= 15 is 0 Å². The minimum Gasteiger partial charge on any atom is -0.319 e. The summed E-state index contributed by atoms with van der Waals surface area (Å²) in [7, 11) is 0. The van der Waals surface area contributed by atoms with Gasteiger partial charge in [-0.05, 0) is 25.0 Å². The number of hydrogen-bond acceptors (Lipinski definition) is 2. The van der Waals surface area contributed by atoms with Crippen molar-refractivity contribution < 1.29 is 13.6 Å². The van der Waals surface area contributed by atoms with Gasteiger partial charge in [0.25, 0.3) is 0 Å². The Morgan fingerprint density at radius 2 is 1.88 bits per heavy atom. The van der Waals surface area contributed by atoms with Gasteiger partial charge in [0.2, 0.25) is 0 Å². The van der Waals surface area contributed by atoms with Crippen molar-refractivity contribution in [2.45, 2.75) is 31.2 Å². The van der Waals surface area contributed by atoms with Crippen LogP contribution >= 0.6 is 0 Å². The molecule has 1 aromatic rings. The highest BCUT2D eigenvalue weighted by Gasteiger charge is 2.38. The maximum absolute atomic E-state index is 13.4. The minimum absolute atomic E-state index is 0.106. The van der Waals surface area contributed by atoms with Crippen LogP contribution in [0.15, 0.2) is 18.2 Å². The lowest BCUT2D eigenvalue weighted by molar-refractivity contribution is 0.0887. The molecule has 0 spiro atoms. The number of hydrogen-bond donors (Lipinski definition) is 1. The molecule has 0 aliphatic heterocycles. The van der Waals surface area contributed by atoms with Gasteiger partial charge in [0.05, 0.1) is 11.1 Å². The molecule has 1 aliphatic rings. The molecule has 0 saturated heterocycles. The molecule has 0 atom stereocenters. The molecular formula is C12H13F2NO. The lowest BCUT2D eigenvalue weighted by Gasteiger charge is -2.21. The van der Waals surface area contributed by atoms with Crippen molar-refractivity contribution in [3.63, 3.8) is 0 Å². The summed E-state index contributed by atoms with van der Waals surface area (Å²) in [4.78, 5) is 12.0. The highest BCUT2D eigenvalue weighted by Crippen LogP contribution is 2.31. The van der Waals surface area contributed by atoms with Crippen molar-refractivity contribution in [3.8, 4) is 0 Å². The minimum atomic E-state index is -0.960. The fraction of sp³-hybridized carbons (Fsp3) is 0.417. The highest BCUT2D eigenvalue weighted by atomic mass is 19.1. The number of benzene rings is 1. The second-order valence-corrected chi connectivity index (χ2v) is 4.32. The predicted octanol–water partition coefficient (Wildman–Crippen LogP) is 2.42. The molecule has 2 N–H and O–H groups in total. The average Bonchev–Trinajstić information content (AvgIpc) is 2.66. The Balaban J connectivity index is 2.33. The molecule has 0 amide bonds. The first-order valence-electron chi connectivity index (χ1n) is 5.32. The molecule has 16 heavy (non-hydrogen) atoms. The Hall–Kier alpha value is -1.29. The van der Waals surface area contributed by atoms with E-state index in [1.807, 2.05) is 0 Å². The van der Waals surface area contributed by atoms with Crippen LogP contribution in [0.3, 0.4) is 0 Å². The number of carbonyl (C=O) groups is 1. The third-order valence-electron chi connectivity index (χ3n) is 3.12. The van der Waals surface area contributed by atoms with E-state index in [2.05, 4.69) is 0 Å². The van der Waals surface area contributed by atoms with Gasteiger partial charge >= 0.3 is 0 Å². The zero-order chi connectivity index (χ0) is 11.8. The van der Waals surface area contributed by atoms with E-state index in [9.17, 15) is 13.6 Å². The predicted molar refractivity (Wildman–Crippen MR) is 56.1 cm³/mol. The Bertz CT molecular complexity index is 425. The molecule has 1 saturated carbocycles. The van der Waals surface area contributed by atoms with Gasteiger partial charge < -0.3 is 5.73 Å². The van der Waals surface area contributed by atoms with Gasteiger partial charge in [0.15, 0.2) is 5.78 Å². The van der Waals surface area contributed by atoms with Crippen LogP contribution in [0.5, 0.6) is 0 Å². The number of ketones is 1. The van der Waals surface area contributed by atoms with E-state index in [0.29, 0.717) is 18.9 Å². The first-order valence-corrected chi connectivity index (χ1v) is 5.32. The van der Waals surface area contributed by atoms with Crippen LogP contribution in [0, 0.1) is 11.6 Å². The molecular weight excluding hydrogens is 212 g/mol. The van der Waals surface area contributed by atoms with Crippen molar-refractivity contribution in [1.82, 2.24) is 0 Å². The van der Waals surface area contributed by atoms with E-state index in [0.717, 1.165) is 18.9 Å². The smallest absolute Gasteiger partial charge is 0.185 e. The second-order valence-electron chi connectivity index (χ2n) is 4.32. The molecule has 4 heteroatoms. The molecule has 86 valence electrons. The normalized spacial score (nSPS) is 18.7. The second kappa shape index (κ2) is 3.94. The van der Waals surface area contributed by atoms with E-state index in [1.165, 1.54) is 6.07 Å². The monoisotopic (exact) mass is 225 g/mol. The van der Waals surface area contributed by atoms with Crippen molar-refractivity contribution in [2.75, 3.05) is 0 Å². The summed E-state index contributed by atoms with van der Waals surface area (Å²) in [5.41, 5.74) is 4.87. The van der Waals surface area contributed by atoms with Crippen LogP contribution in [-0.2, 0) is 0 Å². The SMILES string of the molecule is NC1(C(=O)c2ccc(F)cc2F)CCCC1. The summed E-state index contributed by atoms with van der Waals surface area (Å²) < 4.78 is 26.1. The molecule has 0 bridgehead atoms. The number of halogens is 2. The van der Waals surface area contributed by atoms with Crippen LogP contribution in [0.2, 0.25) is 0 Å². The molecule has 1 fully saturated rings. The maximum Gasteiger partial charge on any atom is 0.185 e. The topological polar surface area (TPSA) is 43.1 Å². The van der Waals surface area contributed by atoms with Gasteiger partial charge in [-0.15, -0.1) is 0 Å². The summed E-state index contributed by atoms with van der Waals surface area (Å²) in [6.45, 7) is 0. The van der Waals surface area contributed by atoms with E-state index in [1.54, 1.807) is 0 Å². The summed E-state index contributed by atoms with van der Waals surface area (Å²) >= 11 is 0. The Labute approximate surface area is 92.4 Å². The zero-order valence-corrected chi connectivity index (χ0v) is 8.80. The summed E-state index contributed by atoms with van der Waals surface area (Å²) in [5, 5.41) is 0. The van der Waals surface area contributed by atoms with Gasteiger partial charge in [-0.25, -0.2) is 8.78 Å². The molecule has 0 unspecified atom stereocenters. The molecule has 1 aromatic carbocycles. The molecule has 0 radical (unpaired) electrons. The molecule has 0 aromatic heterocycles. The fourth-order valence-corrected chi connectivity index (χ4v) is 2.17. The van der Waals surface area contributed by atoms with Gasteiger partial charge in [0.1, 0.15) is 11.6 Å². The summed E-state index contributed by atoms with van der Waals surface area (Å²) in [6.07, 6.45) is 2.90. The van der Waals surface area contributed by atoms with Crippen molar-refractivity contribution in [2.24, 2.45) is 5.73 Å². The molecule has 2 nitrogen and oxygen atoms in total. The summed E-state index contributed by atoms with van der Waals surface area (Å²) in [5.74, 6) is -1.93. The number of carbonyl (C=O) groups excluding carboxylic acids is 1. The van der Waals surface area contributed by atoms with Crippen LogP contribution in [0.25, 0.3) is 0 Å². The Kier molecular flexibility index (Phi) is 2.76. The van der Waals surface area contributed by atoms with Gasteiger partial charge in [-0.2, -0.15) is 0 Å². The lowest BCUT2D eigenvalue weighted by atomic mass is 9.88. The van der Waals surface area contributed by atoms with Gasteiger partial charge in [0, 0.05) is 6.07 Å². The fourth-order valence-electron chi connectivity index (χ4n) is 2.17. The van der Waals surface area contributed by atoms with Crippen LogP contribution in [0.1, 0.15) is 36.0 Å². The summed E-state index contributed by atoms with van der Waals surface area (Å²) in [6, 6.07) is 2.96. The van der Waals surface area contributed by atoms with E-state index < -0.39 is 23.0 Å². The largest absolute Gasteiger partial charge is 0.319 e. The standard InChI is InChI=1S/C12H13F2NO/c13-8-3-4-9(10(14)7-8)11(16)12(15)5-1-2-6-12/h3-4,7H,1-2,5-6,15H2. The van der Waals surface area contributed by atoms with Crippen molar-refractivity contribution in [1.29, 1.82) is 0 Å². The number of nitrogens with two attached hydrogens (primary N) is 1. The first kappa shape index (κ1) is 11.2. The van der Waals surface area contributed by atoms with Crippen molar-refractivity contribution >= 4 is 5.78 Å². The molecule has 2 rings (SSSR count). The highest BCUT2D eigenvalue weighted by molar-refractivity contribution is 6.03. The number of Topliss-reactive ketones (excluding diaryl/α,β-unsaturated/α-hetero) is 1. The van der Waals surface area contributed by atoms with Gasteiger partial charge in [-0.1, -0.05) is 12.8 Å². The van der Waals surface area contributed by atoms with Crippen LogP contribution < -0.4 is 5.73 Å². The van der Waals surface area contributed by atoms with Crippen molar-refractivity contribution in [3.05, 3.63) is 35.4 Å². The third kappa shape index (κ3) is 1.85. The lowest BCUT2D eigenvalue weighted by Crippen LogP contribution is -2.45. The quantitative estimate of drug-likeness (QED) is 0.785. The Morgan fingerprint density at radius 1 is 1.25 bits per heavy atom. The Morgan fingerprint density at radius 3 is 2.44 bits per heavy atom. The average molecular weight is 225 g/mol. The first-order chi connectivity index (χ1) is 7.53. The zero-order valence-electron chi connectivity index (χ0n) is 8.80.